The number of aromatic nitrogens is 3. The molecule has 0 aliphatic heterocycles. The maximum atomic E-state index is 8.88. The Kier molecular flexibility index (Phi) is 3.46. The van der Waals surface area contributed by atoms with E-state index in [1.54, 1.807) is 24.3 Å². The van der Waals surface area contributed by atoms with E-state index in [2.05, 4.69) is 16.9 Å². The number of rotatable bonds is 4. The highest BCUT2D eigenvalue weighted by Crippen LogP contribution is 2.28. The molecule has 86 valence electrons. The minimum Gasteiger partial charge on any atom is -0.396 e. The van der Waals surface area contributed by atoms with E-state index >= 15 is 0 Å². The Morgan fingerprint density at radius 3 is 3.06 bits per heavy atom. The zero-order valence-corrected chi connectivity index (χ0v) is 10.2. The molecular weight excluding hydrogens is 222 g/mol. The van der Waals surface area contributed by atoms with Crippen LogP contribution in [0.3, 0.4) is 0 Å². The summed E-state index contributed by atoms with van der Waals surface area (Å²) in [4.78, 5) is 8.70. The van der Waals surface area contributed by atoms with Crippen LogP contribution in [-0.4, -0.2) is 31.5 Å². The summed E-state index contributed by atoms with van der Waals surface area (Å²) in [6.45, 7) is 2.30. The van der Waals surface area contributed by atoms with Crippen LogP contribution in [-0.2, 0) is 7.05 Å². The molecule has 0 saturated carbocycles. The van der Waals surface area contributed by atoms with Gasteiger partial charge in [0.05, 0.1) is 11.8 Å². The molecule has 1 unspecified atom stereocenters. The maximum absolute atomic E-state index is 8.88. The van der Waals surface area contributed by atoms with E-state index < -0.39 is 0 Å². The largest absolute Gasteiger partial charge is 0.396 e. The number of nitrogens with zero attached hydrogens (tertiary/aromatic N) is 3. The molecule has 5 heteroatoms. The predicted octanol–water partition coefficient (Wildman–Crippen LogP) is 1.83. The second-order valence-electron chi connectivity index (χ2n) is 3.78. The third kappa shape index (κ3) is 2.20. The molecule has 0 saturated heterocycles. The number of aliphatic hydroxyl groups is 1. The summed E-state index contributed by atoms with van der Waals surface area (Å²) in [5.74, 6) is 0. The number of imidazole rings is 1. The first-order valence-electron chi connectivity index (χ1n) is 5.26. The molecule has 16 heavy (non-hydrogen) atoms. The predicted molar refractivity (Wildman–Crippen MR) is 65.5 cm³/mol. The van der Waals surface area contributed by atoms with E-state index in [4.69, 9.17) is 5.11 Å². The summed E-state index contributed by atoms with van der Waals surface area (Å²) >= 11 is 1.66. The normalized spacial score (nSPS) is 13.2. The van der Waals surface area contributed by atoms with Crippen molar-refractivity contribution in [3.63, 3.8) is 0 Å². The van der Waals surface area contributed by atoms with Gasteiger partial charge in [0, 0.05) is 25.1 Å². The molecule has 0 radical (unpaired) electrons. The van der Waals surface area contributed by atoms with Crippen molar-refractivity contribution in [2.75, 3.05) is 6.61 Å². The molecule has 0 fully saturated rings. The minimum absolute atomic E-state index is 0.215. The molecule has 2 heterocycles. The standard InChI is InChI=1S/C11H15N3OS/c1-8(4-6-15)16-11-10-9(3-5-12-11)14(2)7-13-10/h3,5,7-8,15H,4,6H2,1-2H3. The SMILES string of the molecule is CC(CCO)Sc1nccc2c1ncn2C. The van der Waals surface area contributed by atoms with Crippen LogP contribution in [0.5, 0.6) is 0 Å². The summed E-state index contributed by atoms with van der Waals surface area (Å²) in [5, 5.41) is 10.2. The van der Waals surface area contributed by atoms with Gasteiger partial charge in [-0.05, 0) is 12.5 Å². The van der Waals surface area contributed by atoms with Crippen LogP contribution in [0.1, 0.15) is 13.3 Å². The van der Waals surface area contributed by atoms with Gasteiger partial charge >= 0.3 is 0 Å². The van der Waals surface area contributed by atoms with Crippen LogP contribution < -0.4 is 0 Å². The molecule has 0 aromatic carbocycles. The molecule has 2 aromatic heterocycles. The highest BCUT2D eigenvalue weighted by atomic mass is 32.2. The molecule has 0 spiro atoms. The molecule has 1 atom stereocenters. The molecule has 4 nitrogen and oxygen atoms in total. The van der Waals surface area contributed by atoms with Gasteiger partial charge in [-0.15, -0.1) is 11.8 Å². The second-order valence-corrected chi connectivity index (χ2v) is 5.21. The fourth-order valence-corrected chi connectivity index (χ4v) is 2.55. The smallest absolute Gasteiger partial charge is 0.124 e. The van der Waals surface area contributed by atoms with Gasteiger partial charge in [0.2, 0.25) is 0 Å². The number of aliphatic hydroxyl groups excluding tert-OH is 1. The molecular formula is C11H15N3OS. The van der Waals surface area contributed by atoms with Crippen LogP contribution in [0.15, 0.2) is 23.6 Å². The van der Waals surface area contributed by atoms with Crippen molar-refractivity contribution < 1.29 is 5.11 Å². The van der Waals surface area contributed by atoms with E-state index in [1.807, 2.05) is 17.7 Å². The lowest BCUT2D eigenvalue weighted by atomic mass is 10.3. The maximum Gasteiger partial charge on any atom is 0.124 e. The number of pyridine rings is 1. The van der Waals surface area contributed by atoms with Crippen LogP contribution >= 0.6 is 11.8 Å². The molecule has 2 aromatic rings. The van der Waals surface area contributed by atoms with Crippen LogP contribution in [0.4, 0.5) is 0 Å². The summed E-state index contributed by atoms with van der Waals surface area (Å²) in [6, 6.07) is 1.96. The van der Waals surface area contributed by atoms with Crippen molar-refractivity contribution >= 4 is 22.8 Å². The Morgan fingerprint density at radius 2 is 2.31 bits per heavy atom. The number of hydrogen-bond acceptors (Lipinski definition) is 4. The van der Waals surface area contributed by atoms with Crippen molar-refractivity contribution in [1.29, 1.82) is 0 Å². The molecule has 0 amide bonds. The number of aryl methyl sites for hydroxylation is 1. The summed E-state index contributed by atoms with van der Waals surface area (Å²) in [7, 11) is 1.97. The van der Waals surface area contributed by atoms with Crippen molar-refractivity contribution in [3.8, 4) is 0 Å². The Hall–Kier alpha value is -1.07. The van der Waals surface area contributed by atoms with E-state index in [0.717, 1.165) is 22.5 Å². The number of fused-ring (bicyclic) bond motifs is 1. The average Bonchev–Trinajstić information content (AvgIpc) is 2.62. The minimum atomic E-state index is 0.215. The monoisotopic (exact) mass is 237 g/mol. The van der Waals surface area contributed by atoms with Gasteiger partial charge in [0.25, 0.3) is 0 Å². The Bertz CT molecular complexity index is 483. The van der Waals surface area contributed by atoms with Gasteiger partial charge in [-0.2, -0.15) is 0 Å². The van der Waals surface area contributed by atoms with Gasteiger partial charge in [0.15, 0.2) is 0 Å². The van der Waals surface area contributed by atoms with E-state index in [9.17, 15) is 0 Å². The lowest BCUT2D eigenvalue weighted by molar-refractivity contribution is 0.289. The van der Waals surface area contributed by atoms with Gasteiger partial charge in [-0.3, -0.25) is 0 Å². The fourth-order valence-electron chi connectivity index (χ4n) is 1.56. The Balaban J connectivity index is 2.30. The molecule has 1 N–H and O–H groups in total. The van der Waals surface area contributed by atoms with E-state index in [-0.39, 0.29) is 6.61 Å². The van der Waals surface area contributed by atoms with Crippen LogP contribution in [0.25, 0.3) is 11.0 Å². The van der Waals surface area contributed by atoms with Crippen LogP contribution in [0, 0.1) is 0 Å². The fraction of sp³-hybridized carbons (Fsp3) is 0.455. The number of thioether (sulfide) groups is 1. The first-order valence-corrected chi connectivity index (χ1v) is 6.14. The summed E-state index contributed by atoms with van der Waals surface area (Å²) < 4.78 is 1.98. The Labute approximate surface area is 98.7 Å². The van der Waals surface area contributed by atoms with Gasteiger partial charge in [-0.25, -0.2) is 9.97 Å². The highest BCUT2D eigenvalue weighted by molar-refractivity contribution is 8.00. The summed E-state index contributed by atoms with van der Waals surface area (Å²) in [5.41, 5.74) is 2.04. The first kappa shape index (κ1) is 11.4. The third-order valence-corrected chi connectivity index (χ3v) is 3.62. The molecule has 0 aliphatic carbocycles. The Morgan fingerprint density at radius 1 is 1.50 bits per heavy atom. The zero-order valence-electron chi connectivity index (χ0n) is 9.42. The highest BCUT2D eigenvalue weighted by Gasteiger charge is 2.11. The molecule has 2 rings (SSSR count). The second kappa shape index (κ2) is 4.84. The lowest BCUT2D eigenvalue weighted by Crippen LogP contribution is -2.00. The van der Waals surface area contributed by atoms with Crippen LogP contribution in [0.2, 0.25) is 0 Å². The van der Waals surface area contributed by atoms with Crippen molar-refractivity contribution in [1.82, 2.24) is 14.5 Å². The van der Waals surface area contributed by atoms with Crippen molar-refractivity contribution in [3.05, 3.63) is 18.6 Å². The average molecular weight is 237 g/mol. The van der Waals surface area contributed by atoms with Gasteiger partial charge in [0.1, 0.15) is 10.5 Å². The van der Waals surface area contributed by atoms with Crippen molar-refractivity contribution in [2.24, 2.45) is 7.05 Å². The van der Waals surface area contributed by atoms with Gasteiger partial charge in [-0.1, -0.05) is 6.92 Å². The van der Waals surface area contributed by atoms with E-state index in [0.29, 0.717) is 5.25 Å². The quantitative estimate of drug-likeness (QED) is 0.824. The van der Waals surface area contributed by atoms with Gasteiger partial charge < -0.3 is 9.67 Å². The van der Waals surface area contributed by atoms with E-state index in [1.165, 1.54) is 0 Å². The zero-order chi connectivity index (χ0) is 11.5. The first-order chi connectivity index (χ1) is 7.72. The number of hydrogen-bond donors (Lipinski definition) is 1. The molecule has 0 aliphatic rings. The molecule has 0 bridgehead atoms. The van der Waals surface area contributed by atoms with Crippen molar-refractivity contribution in [2.45, 2.75) is 23.6 Å². The lowest BCUT2D eigenvalue weighted by Gasteiger charge is -2.08. The summed E-state index contributed by atoms with van der Waals surface area (Å²) in [6.07, 6.45) is 4.38. The topological polar surface area (TPSA) is 50.9 Å². The third-order valence-electron chi connectivity index (χ3n) is 2.46.